The lowest BCUT2D eigenvalue weighted by atomic mass is 10.3. The number of carbonyl (C=O) groups excluding carboxylic acids is 1. The first kappa shape index (κ1) is 18.8. The van der Waals surface area contributed by atoms with Crippen LogP contribution in [0.2, 0.25) is 5.02 Å². The van der Waals surface area contributed by atoms with Gasteiger partial charge in [-0.25, -0.2) is 0 Å². The zero-order chi connectivity index (χ0) is 18.4. The number of thioether (sulfide) groups is 1. The van der Waals surface area contributed by atoms with E-state index in [2.05, 4.69) is 14.9 Å². The van der Waals surface area contributed by atoms with Crippen molar-refractivity contribution in [1.29, 1.82) is 0 Å². The molecule has 1 saturated heterocycles. The number of piperazine rings is 1. The molecular formula is C18H21ClN4O2S. The van der Waals surface area contributed by atoms with Gasteiger partial charge in [-0.15, -0.1) is 11.8 Å². The van der Waals surface area contributed by atoms with Gasteiger partial charge >= 0.3 is 0 Å². The lowest BCUT2D eigenvalue weighted by molar-refractivity contribution is -0.131. The van der Waals surface area contributed by atoms with Crippen LogP contribution in [0.25, 0.3) is 0 Å². The number of benzene rings is 1. The summed E-state index contributed by atoms with van der Waals surface area (Å²) in [5.41, 5.74) is 0. The fourth-order valence-electron chi connectivity index (χ4n) is 2.74. The summed E-state index contributed by atoms with van der Waals surface area (Å²) < 4.78 is 5.12. The summed E-state index contributed by atoms with van der Waals surface area (Å²) in [4.78, 5) is 26.0. The molecule has 1 aliphatic heterocycles. The van der Waals surface area contributed by atoms with Gasteiger partial charge in [0.2, 0.25) is 11.8 Å². The molecule has 0 radical (unpaired) electrons. The summed E-state index contributed by atoms with van der Waals surface area (Å²) in [6.45, 7) is 2.86. The Hall–Kier alpha value is -1.99. The van der Waals surface area contributed by atoms with Gasteiger partial charge in [0.1, 0.15) is 0 Å². The molecule has 2 heterocycles. The molecular weight excluding hydrogens is 372 g/mol. The third-order valence-electron chi connectivity index (χ3n) is 4.18. The number of aromatic nitrogens is 2. The molecule has 0 N–H and O–H groups in total. The standard InChI is InChI=1S/C18H21ClN4O2S/c1-25-17-13-20-12-16(21-17)22-7-9-23(10-8-22)18(24)6-11-26-15-5-3-2-4-14(15)19/h2-5,12-13H,6-11H2,1H3. The first-order valence-corrected chi connectivity index (χ1v) is 9.80. The van der Waals surface area contributed by atoms with Crippen LogP contribution in [0, 0.1) is 0 Å². The van der Waals surface area contributed by atoms with Crippen LogP contribution < -0.4 is 9.64 Å². The second-order valence-electron chi connectivity index (χ2n) is 5.82. The number of halogens is 1. The van der Waals surface area contributed by atoms with Crippen LogP contribution in [0.5, 0.6) is 5.88 Å². The number of carbonyl (C=O) groups is 1. The lowest BCUT2D eigenvalue weighted by Crippen LogP contribution is -2.49. The maximum Gasteiger partial charge on any atom is 0.233 e. The van der Waals surface area contributed by atoms with Crippen molar-refractivity contribution >= 4 is 35.1 Å². The van der Waals surface area contributed by atoms with E-state index in [1.54, 1.807) is 31.3 Å². The Morgan fingerprint density at radius 3 is 2.73 bits per heavy atom. The number of nitrogens with zero attached hydrogens (tertiary/aromatic N) is 4. The molecule has 0 spiro atoms. The third kappa shape index (κ3) is 4.80. The van der Waals surface area contributed by atoms with Crippen LogP contribution in [-0.4, -0.2) is 59.8 Å². The first-order valence-electron chi connectivity index (χ1n) is 8.43. The predicted molar refractivity (Wildman–Crippen MR) is 104 cm³/mol. The Kier molecular flexibility index (Phi) is 6.57. The summed E-state index contributed by atoms with van der Waals surface area (Å²) in [6, 6.07) is 7.71. The highest BCUT2D eigenvalue weighted by atomic mass is 35.5. The second-order valence-corrected chi connectivity index (χ2v) is 7.36. The van der Waals surface area contributed by atoms with Gasteiger partial charge in [0.15, 0.2) is 5.82 Å². The van der Waals surface area contributed by atoms with Crippen molar-refractivity contribution in [3.05, 3.63) is 41.7 Å². The number of methoxy groups -OCH3 is 1. The average Bonchev–Trinajstić information content (AvgIpc) is 2.69. The molecule has 0 aliphatic carbocycles. The number of amides is 1. The molecule has 3 rings (SSSR count). The summed E-state index contributed by atoms with van der Waals surface area (Å²) >= 11 is 7.76. The third-order valence-corrected chi connectivity index (χ3v) is 5.69. The van der Waals surface area contributed by atoms with Gasteiger partial charge in [0.25, 0.3) is 0 Å². The SMILES string of the molecule is COc1cncc(N2CCN(C(=O)CCSc3ccccc3Cl)CC2)n1. The molecule has 1 aliphatic rings. The summed E-state index contributed by atoms with van der Waals surface area (Å²) in [5, 5.41) is 0.734. The minimum Gasteiger partial charge on any atom is -0.480 e. The van der Waals surface area contributed by atoms with Crippen LogP contribution in [0.1, 0.15) is 6.42 Å². The molecule has 8 heteroatoms. The van der Waals surface area contributed by atoms with Crippen LogP contribution >= 0.6 is 23.4 Å². The van der Waals surface area contributed by atoms with Crippen molar-refractivity contribution in [3.63, 3.8) is 0 Å². The predicted octanol–water partition coefficient (Wildman–Crippen LogP) is 2.97. The van der Waals surface area contributed by atoms with E-state index < -0.39 is 0 Å². The summed E-state index contributed by atoms with van der Waals surface area (Å²) in [5.74, 6) is 2.19. The number of anilines is 1. The van der Waals surface area contributed by atoms with E-state index in [1.807, 2.05) is 29.2 Å². The molecule has 26 heavy (non-hydrogen) atoms. The van der Waals surface area contributed by atoms with Gasteiger partial charge in [-0.1, -0.05) is 23.7 Å². The Balaban J connectivity index is 1.45. The molecule has 1 aromatic carbocycles. The molecule has 0 saturated carbocycles. The highest BCUT2D eigenvalue weighted by molar-refractivity contribution is 7.99. The summed E-state index contributed by atoms with van der Waals surface area (Å²) in [6.07, 6.45) is 3.81. The number of rotatable bonds is 6. The molecule has 1 fully saturated rings. The number of ether oxygens (including phenoxy) is 1. The smallest absolute Gasteiger partial charge is 0.233 e. The van der Waals surface area contributed by atoms with Gasteiger partial charge < -0.3 is 14.5 Å². The van der Waals surface area contributed by atoms with E-state index in [1.165, 1.54) is 0 Å². The van der Waals surface area contributed by atoms with Crippen molar-refractivity contribution in [1.82, 2.24) is 14.9 Å². The van der Waals surface area contributed by atoms with Crippen molar-refractivity contribution < 1.29 is 9.53 Å². The Morgan fingerprint density at radius 2 is 2.00 bits per heavy atom. The van der Waals surface area contributed by atoms with Crippen molar-refractivity contribution in [3.8, 4) is 5.88 Å². The van der Waals surface area contributed by atoms with Crippen LogP contribution in [-0.2, 0) is 4.79 Å². The topological polar surface area (TPSA) is 58.6 Å². The highest BCUT2D eigenvalue weighted by Crippen LogP contribution is 2.27. The number of hydrogen-bond acceptors (Lipinski definition) is 6. The second kappa shape index (κ2) is 9.09. The molecule has 1 aromatic heterocycles. The maximum absolute atomic E-state index is 12.4. The van der Waals surface area contributed by atoms with E-state index in [-0.39, 0.29) is 5.91 Å². The normalized spacial score (nSPS) is 14.4. The van der Waals surface area contributed by atoms with Gasteiger partial charge in [-0.05, 0) is 12.1 Å². The summed E-state index contributed by atoms with van der Waals surface area (Å²) in [7, 11) is 1.57. The monoisotopic (exact) mass is 392 g/mol. The van der Waals surface area contributed by atoms with Gasteiger partial charge in [0, 0.05) is 43.2 Å². The molecule has 138 valence electrons. The van der Waals surface area contributed by atoms with Crippen LogP contribution in [0.3, 0.4) is 0 Å². The van der Waals surface area contributed by atoms with E-state index in [0.29, 0.717) is 25.4 Å². The van der Waals surface area contributed by atoms with E-state index in [9.17, 15) is 4.79 Å². The van der Waals surface area contributed by atoms with E-state index in [0.717, 1.165) is 34.6 Å². The van der Waals surface area contributed by atoms with Gasteiger partial charge in [-0.2, -0.15) is 4.98 Å². The first-order chi connectivity index (χ1) is 12.7. The van der Waals surface area contributed by atoms with Crippen molar-refractivity contribution in [2.45, 2.75) is 11.3 Å². The number of hydrogen-bond donors (Lipinski definition) is 0. The Bertz CT molecular complexity index is 753. The van der Waals surface area contributed by atoms with E-state index in [4.69, 9.17) is 16.3 Å². The van der Waals surface area contributed by atoms with Crippen LogP contribution in [0.4, 0.5) is 5.82 Å². The minimum atomic E-state index is 0.181. The Labute approximate surface area is 162 Å². The molecule has 1 amide bonds. The fraction of sp³-hybridized carbons (Fsp3) is 0.389. The largest absolute Gasteiger partial charge is 0.480 e. The average molecular weight is 393 g/mol. The Morgan fingerprint density at radius 1 is 1.23 bits per heavy atom. The van der Waals surface area contributed by atoms with E-state index >= 15 is 0 Å². The molecule has 2 aromatic rings. The van der Waals surface area contributed by atoms with Crippen molar-refractivity contribution in [2.24, 2.45) is 0 Å². The van der Waals surface area contributed by atoms with Crippen LogP contribution in [0.15, 0.2) is 41.6 Å². The molecule has 0 unspecified atom stereocenters. The van der Waals surface area contributed by atoms with Crippen molar-refractivity contribution in [2.75, 3.05) is 43.9 Å². The van der Waals surface area contributed by atoms with Gasteiger partial charge in [0.05, 0.1) is 24.5 Å². The maximum atomic E-state index is 12.4. The minimum absolute atomic E-state index is 0.181. The molecule has 0 atom stereocenters. The fourth-order valence-corrected chi connectivity index (χ4v) is 3.92. The quantitative estimate of drug-likeness (QED) is 0.704. The van der Waals surface area contributed by atoms with Gasteiger partial charge in [-0.3, -0.25) is 9.78 Å². The zero-order valence-corrected chi connectivity index (χ0v) is 16.2. The highest BCUT2D eigenvalue weighted by Gasteiger charge is 2.22. The molecule has 0 bridgehead atoms. The zero-order valence-electron chi connectivity index (χ0n) is 14.6. The lowest BCUT2D eigenvalue weighted by Gasteiger charge is -2.35. The molecule has 6 nitrogen and oxygen atoms in total.